The van der Waals surface area contributed by atoms with E-state index in [4.69, 9.17) is 4.42 Å². The zero-order chi connectivity index (χ0) is 22.7. The molecule has 0 saturated carbocycles. The van der Waals surface area contributed by atoms with Gasteiger partial charge < -0.3 is 15.1 Å². The highest BCUT2D eigenvalue weighted by Gasteiger charge is 2.09. The van der Waals surface area contributed by atoms with E-state index in [-0.39, 0.29) is 18.2 Å². The van der Waals surface area contributed by atoms with Crippen LogP contribution >= 0.6 is 0 Å². The number of nitrogens with one attached hydrogen (secondary N) is 2. The molecule has 2 amide bonds. The van der Waals surface area contributed by atoms with Crippen molar-refractivity contribution in [3.05, 3.63) is 105 Å². The van der Waals surface area contributed by atoms with Crippen LogP contribution in [-0.4, -0.2) is 11.8 Å². The summed E-state index contributed by atoms with van der Waals surface area (Å²) in [5.41, 5.74) is 4.52. The maximum atomic E-state index is 12.5. The van der Waals surface area contributed by atoms with E-state index in [2.05, 4.69) is 10.6 Å². The number of hydrogen-bond donors (Lipinski definition) is 2. The molecule has 0 fully saturated rings. The Morgan fingerprint density at radius 3 is 2.22 bits per heavy atom. The largest absolute Gasteiger partial charge is 0.423 e. The summed E-state index contributed by atoms with van der Waals surface area (Å²) < 4.78 is 5.22. The lowest BCUT2D eigenvalue weighted by atomic mass is 10.1. The molecule has 0 aliphatic heterocycles. The van der Waals surface area contributed by atoms with E-state index in [0.29, 0.717) is 22.5 Å². The zero-order valence-electron chi connectivity index (χ0n) is 17.8. The van der Waals surface area contributed by atoms with E-state index in [9.17, 15) is 14.4 Å². The Kier molecular flexibility index (Phi) is 5.85. The molecule has 6 heteroatoms. The quantitative estimate of drug-likeness (QED) is 0.447. The molecule has 0 atom stereocenters. The van der Waals surface area contributed by atoms with Crippen LogP contribution in [0.2, 0.25) is 0 Å². The molecule has 1 heterocycles. The normalized spacial score (nSPS) is 10.7. The number of rotatable bonds is 5. The summed E-state index contributed by atoms with van der Waals surface area (Å²) in [6.07, 6.45) is 0.169. The average Bonchev–Trinajstić information content (AvgIpc) is 2.75. The molecule has 0 aliphatic rings. The SMILES string of the molecule is Cc1ccc(C(=O)Nc2ccc(CC(=O)Nc3ccc4c(C)cc(=O)oc4c3)cc2)cc1. The second kappa shape index (κ2) is 8.89. The highest BCUT2D eigenvalue weighted by atomic mass is 16.4. The van der Waals surface area contributed by atoms with Crippen molar-refractivity contribution in [1.29, 1.82) is 0 Å². The number of carbonyl (C=O) groups is 2. The molecule has 160 valence electrons. The van der Waals surface area contributed by atoms with Crippen molar-refractivity contribution in [2.24, 2.45) is 0 Å². The van der Waals surface area contributed by atoms with E-state index in [1.807, 2.05) is 32.0 Å². The van der Waals surface area contributed by atoms with Gasteiger partial charge in [0, 0.05) is 34.5 Å². The molecule has 2 N–H and O–H groups in total. The van der Waals surface area contributed by atoms with Gasteiger partial charge in [0.15, 0.2) is 0 Å². The smallest absolute Gasteiger partial charge is 0.336 e. The standard InChI is InChI=1S/C26H22N2O4/c1-16-3-7-19(8-4-16)26(31)28-20-9-5-18(6-10-20)14-24(29)27-21-11-12-22-17(2)13-25(30)32-23(22)15-21/h3-13,15H,14H2,1-2H3,(H,27,29)(H,28,31). The van der Waals surface area contributed by atoms with E-state index >= 15 is 0 Å². The van der Waals surface area contributed by atoms with Crippen LogP contribution in [0.4, 0.5) is 11.4 Å². The molecule has 0 aliphatic carbocycles. The molecular weight excluding hydrogens is 404 g/mol. The van der Waals surface area contributed by atoms with E-state index in [1.54, 1.807) is 48.5 Å². The van der Waals surface area contributed by atoms with Gasteiger partial charge in [-0.25, -0.2) is 4.79 Å². The van der Waals surface area contributed by atoms with Crippen molar-refractivity contribution < 1.29 is 14.0 Å². The lowest BCUT2D eigenvalue weighted by Gasteiger charge is -2.09. The summed E-state index contributed by atoms with van der Waals surface area (Å²) in [7, 11) is 0. The van der Waals surface area contributed by atoms with Crippen LogP contribution in [0.1, 0.15) is 27.0 Å². The second-order valence-electron chi connectivity index (χ2n) is 7.70. The molecule has 4 aromatic rings. The van der Waals surface area contributed by atoms with Gasteiger partial charge in [0.2, 0.25) is 5.91 Å². The van der Waals surface area contributed by atoms with Crippen molar-refractivity contribution in [2.45, 2.75) is 20.3 Å². The second-order valence-corrected chi connectivity index (χ2v) is 7.70. The molecule has 32 heavy (non-hydrogen) atoms. The summed E-state index contributed by atoms with van der Waals surface area (Å²) in [6, 6.07) is 21.1. The molecule has 6 nitrogen and oxygen atoms in total. The Morgan fingerprint density at radius 1 is 0.812 bits per heavy atom. The molecule has 0 unspecified atom stereocenters. The molecule has 0 bridgehead atoms. The fraction of sp³-hybridized carbons (Fsp3) is 0.115. The first-order chi connectivity index (χ1) is 15.4. The van der Waals surface area contributed by atoms with Gasteiger partial charge in [0.25, 0.3) is 5.91 Å². The summed E-state index contributed by atoms with van der Waals surface area (Å²) in [5, 5.41) is 6.50. The van der Waals surface area contributed by atoms with Crippen LogP contribution in [0.15, 0.2) is 82.0 Å². The number of carbonyl (C=O) groups excluding carboxylic acids is 2. The third-order valence-corrected chi connectivity index (χ3v) is 5.13. The van der Waals surface area contributed by atoms with Crippen LogP contribution in [0, 0.1) is 13.8 Å². The molecule has 0 radical (unpaired) electrons. The lowest BCUT2D eigenvalue weighted by Crippen LogP contribution is -2.15. The number of hydrogen-bond acceptors (Lipinski definition) is 4. The highest BCUT2D eigenvalue weighted by molar-refractivity contribution is 6.04. The van der Waals surface area contributed by atoms with Gasteiger partial charge in [-0.2, -0.15) is 0 Å². The number of fused-ring (bicyclic) bond motifs is 1. The highest BCUT2D eigenvalue weighted by Crippen LogP contribution is 2.21. The van der Waals surface area contributed by atoms with Crippen LogP contribution in [0.25, 0.3) is 11.0 Å². The number of aryl methyl sites for hydroxylation is 2. The first-order valence-electron chi connectivity index (χ1n) is 10.2. The molecule has 4 rings (SSSR count). The van der Waals surface area contributed by atoms with Crippen molar-refractivity contribution in [3.63, 3.8) is 0 Å². The Morgan fingerprint density at radius 2 is 1.50 bits per heavy atom. The van der Waals surface area contributed by atoms with Gasteiger partial charge in [0.1, 0.15) is 5.58 Å². The number of anilines is 2. The Labute approximate surface area is 184 Å². The van der Waals surface area contributed by atoms with E-state index < -0.39 is 5.63 Å². The monoisotopic (exact) mass is 426 g/mol. The Hall–Kier alpha value is -4.19. The van der Waals surface area contributed by atoms with Gasteiger partial charge >= 0.3 is 5.63 Å². The molecule has 0 spiro atoms. The molecule has 3 aromatic carbocycles. The fourth-order valence-corrected chi connectivity index (χ4v) is 3.41. The number of amides is 2. The summed E-state index contributed by atoms with van der Waals surface area (Å²) >= 11 is 0. The fourth-order valence-electron chi connectivity index (χ4n) is 3.41. The lowest BCUT2D eigenvalue weighted by molar-refractivity contribution is -0.115. The maximum Gasteiger partial charge on any atom is 0.336 e. The van der Waals surface area contributed by atoms with Gasteiger partial charge in [-0.15, -0.1) is 0 Å². The van der Waals surface area contributed by atoms with Gasteiger partial charge in [-0.3, -0.25) is 9.59 Å². The summed E-state index contributed by atoms with van der Waals surface area (Å²) in [5.74, 6) is -0.385. The first-order valence-corrected chi connectivity index (χ1v) is 10.2. The maximum absolute atomic E-state index is 12.5. The van der Waals surface area contributed by atoms with E-state index in [1.165, 1.54) is 6.07 Å². The van der Waals surface area contributed by atoms with Crippen LogP contribution in [0.5, 0.6) is 0 Å². The summed E-state index contributed by atoms with van der Waals surface area (Å²) in [4.78, 5) is 36.4. The molecular formula is C26H22N2O4. The molecule has 1 aromatic heterocycles. The third-order valence-electron chi connectivity index (χ3n) is 5.13. The Balaban J connectivity index is 1.38. The topological polar surface area (TPSA) is 88.4 Å². The zero-order valence-corrected chi connectivity index (χ0v) is 17.8. The van der Waals surface area contributed by atoms with Crippen molar-refractivity contribution in [2.75, 3.05) is 10.6 Å². The predicted octanol–water partition coefficient (Wildman–Crippen LogP) is 4.84. The minimum atomic E-state index is -0.423. The molecule has 0 saturated heterocycles. The van der Waals surface area contributed by atoms with Crippen molar-refractivity contribution in [3.8, 4) is 0 Å². The number of benzene rings is 3. The Bertz CT molecular complexity index is 1350. The predicted molar refractivity (Wildman–Crippen MR) is 125 cm³/mol. The minimum absolute atomic E-state index is 0.169. The van der Waals surface area contributed by atoms with Gasteiger partial charge in [0.05, 0.1) is 6.42 Å². The van der Waals surface area contributed by atoms with Crippen molar-refractivity contribution in [1.82, 2.24) is 0 Å². The first kappa shape index (κ1) is 21.1. The van der Waals surface area contributed by atoms with Crippen molar-refractivity contribution >= 4 is 34.2 Å². The van der Waals surface area contributed by atoms with Crippen LogP contribution in [-0.2, 0) is 11.2 Å². The van der Waals surface area contributed by atoms with Gasteiger partial charge in [-0.1, -0.05) is 29.8 Å². The van der Waals surface area contributed by atoms with Gasteiger partial charge in [-0.05, 0) is 61.4 Å². The van der Waals surface area contributed by atoms with E-state index in [0.717, 1.165) is 22.1 Å². The average molecular weight is 426 g/mol. The van der Waals surface area contributed by atoms with Crippen LogP contribution < -0.4 is 16.3 Å². The minimum Gasteiger partial charge on any atom is -0.423 e. The third kappa shape index (κ3) is 4.92. The summed E-state index contributed by atoms with van der Waals surface area (Å²) in [6.45, 7) is 3.81. The van der Waals surface area contributed by atoms with Crippen LogP contribution in [0.3, 0.4) is 0 Å².